The second-order valence-electron chi connectivity index (χ2n) is 9.09. The lowest BCUT2D eigenvalue weighted by Gasteiger charge is -2.43. The Morgan fingerprint density at radius 1 is 0.862 bits per heavy atom. The van der Waals surface area contributed by atoms with Gasteiger partial charge in [0.1, 0.15) is 0 Å². The molecule has 0 saturated heterocycles. The molecule has 0 radical (unpaired) electrons. The summed E-state index contributed by atoms with van der Waals surface area (Å²) in [6.45, 7) is 9.49. The second kappa shape index (κ2) is 11.1. The highest BCUT2D eigenvalue weighted by Crippen LogP contribution is 2.36. The normalized spacial score (nSPS) is 14.6. The molecule has 0 aliphatic heterocycles. The monoisotopic (exact) mass is 414 g/mol. The van der Waals surface area contributed by atoms with Gasteiger partial charge in [0.05, 0.1) is 12.7 Å². The van der Waals surface area contributed by atoms with E-state index in [-0.39, 0.29) is 17.6 Å². The van der Waals surface area contributed by atoms with E-state index in [9.17, 15) is 5.11 Å². The molecule has 0 amide bonds. The number of unbranched alkanes of at least 4 members (excludes halogenated alkanes) is 2. The summed E-state index contributed by atoms with van der Waals surface area (Å²) < 4.78 is 6.89. The van der Waals surface area contributed by atoms with E-state index >= 15 is 0 Å². The SMILES string of the molecule is C[C@H](CCCCCO[Si](c1ccccc1)(c1ccccc1)C(C)(C)C)[C@@H](O)CO. The molecule has 0 heterocycles. The first kappa shape index (κ1) is 23.8. The Hall–Kier alpha value is -1.46. The fraction of sp³-hybridized carbons (Fsp3) is 0.520. The van der Waals surface area contributed by atoms with Gasteiger partial charge < -0.3 is 14.6 Å². The standard InChI is InChI=1S/C25H38O3Si/c1-21(24(27)20-26)14-8-7-13-19-28-29(25(2,3)4,22-15-9-5-10-16-22)23-17-11-6-12-18-23/h5-6,9-12,15-18,21,24,26-27H,7-8,13-14,19-20H2,1-4H3/t21-,24+/m1/s1. The van der Waals surface area contributed by atoms with E-state index in [1.807, 2.05) is 6.92 Å². The average molecular weight is 415 g/mol. The van der Waals surface area contributed by atoms with Gasteiger partial charge in [-0.3, -0.25) is 0 Å². The molecular weight excluding hydrogens is 376 g/mol. The molecule has 2 N–H and O–H groups in total. The third-order valence-corrected chi connectivity index (χ3v) is 10.9. The van der Waals surface area contributed by atoms with Gasteiger partial charge in [-0.15, -0.1) is 0 Å². The molecule has 0 fully saturated rings. The number of hydrogen-bond donors (Lipinski definition) is 2. The summed E-state index contributed by atoms with van der Waals surface area (Å²) in [6, 6.07) is 21.5. The molecule has 0 bridgehead atoms. The number of rotatable bonds is 11. The number of hydrogen-bond acceptors (Lipinski definition) is 3. The van der Waals surface area contributed by atoms with Crippen LogP contribution >= 0.6 is 0 Å². The highest BCUT2D eigenvalue weighted by molar-refractivity contribution is 6.99. The molecule has 2 aromatic rings. The molecule has 4 heteroatoms. The maximum atomic E-state index is 9.71. The van der Waals surface area contributed by atoms with Crippen LogP contribution in [0.1, 0.15) is 53.4 Å². The van der Waals surface area contributed by atoms with Gasteiger partial charge in [0.15, 0.2) is 0 Å². The molecule has 2 rings (SSSR count). The van der Waals surface area contributed by atoms with Crippen LogP contribution in [0.15, 0.2) is 60.7 Å². The molecule has 0 spiro atoms. The third kappa shape index (κ3) is 6.02. The van der Waals surface area contributed by atoms with E-state index in [4.69, 9.17) is 9.53 Å². The van der Waals surface area contributed by atoms with Crippen LogP contribution in [0.4, 0.5) is 0 Å². The van der Waals surface area contributed by atoms with Gasteiger partial charge in [0, 0.05) is 6.61 Å². The minimum Gasteiger partial charge on any atom is -0.407 e. The molecule has 0 aliphatic carbocycles. The van der Waals surface area contributed by atoms with Crippen molar-refractivity contribution in [2.45, 2.75) is 64.5 Å². The van der Waals surface area contributed by atoms with Crippen molar-refractivity contribution >= 4 is 18.7 Å². The summed E-state index contributed by atoms with van der Waals surface area (Å²) >= 11 is 0. The van der Waals surface area contributed by atoms with Crippen molar-refractivity contribution in [3.63, 3.8) is 0 Å². The largest absolute Gasteiger partial charge is 0.407 e. The molecule has 0 saturated carbocycles. The first-order chi connectivity index (χ1) is 13.8. The van der Waals surface area contributed by atoms with Crippen molar-refractivity contribution in [1.82, 2.24) is 0 Å². The van der Waals surface area contributed by atoms with E-state index in [0.717, 1.165) is 32.3 Å². The Morgan fingerprint density at radius 2 is 1.38 bits per heavy atom. The Bertz CT molecular complexity index is 658. The first-order valence-corrected chi connectivity index (χ1v) is 12.8. The minimum atomic E-state index is -2.43. The van der Waals surface area contributed by atoms with E-state index in [1.54, 1.807) is 0 Å². The van der Waals surface area contributed by atoms with Crippen LogP contribution in [-0.4, -0.2) is 37.8 Å². The fourth-order valence-electron chi connectivity index (χ4n) is 4.10. The van der Waals surface area contributed by atoms with Crippen molar-refractivity contribution in [1.29, 1.82) is 0 Å². The van der Waals surface area contributed by atoms with Crippen molar-refractivity contribution in [3.8, 4) is 0 Å². The summed E-state index contributed by atoms with van der Waals surface area (Å²) in [5, 5.41) is 21.4. The molecule has 29 heavy (non-hydrogen) atoms. The summed E-state index contributed by atoms with van der Waals surface area (Å²) in [5.41, 5.74) is 0. The zero-order chi connectivity index (χ0) is 21.3. The second-order valence-corrected chi connectivity index (χ2v) is 13.4. The lowest BCUT2D eigenvalue weighted by atomic mass is 9.98. The number of aliphatic hydroxyl groups excluding tert-OH is 2. The van der Waals surface area contributed by atoms with Crippen molar-refractivity contribution in [2.24, 2.45) is 5.92 Å². The van der Waals surface area contributed by atoms with Gasteiger partial charge in [0.25, 0.3) is 8.32 Å². The van der Waals surface area contributed by atoms with Gasteiger partial charge in [-0.05, 0) is 34.2 Å². The van der Waals surface area contributed by atoms with E-state index in [2.05, 4.69) is 81.4 Å². The fourth-order valence-corrected chi connectivity index (χ4v) is 8.71. The lowest BCUT2D eigenvalue weighted by Crippen LogP contribution is -2.66. The van der Waals surface area contributed by atoms with Crippen LogP contribution in [0.2, 0.25) is 5.04 Å². The summed E-state index contributed by atoms with van der Waals surface area (Å²) in [5.74, 6) is 0.137. The molecule has 2 aromatic carbocycles. The smallest absolute Gasteiger partial charge is 0.261 e. The molecule has 160 valence electrons. The van der Waals surface area contributed by atoms with Crippen LogP contribution in [-0.2, 0) is 4.43 Å². The van der Waals surface area contributed by atoms with Gasteiger partial charge in [-0.1, -0.05) is 101 Å². The number of benzene rings is 2. The predicted molar refractivity (Wildman–Crippen MR) is 124 cm³/mol. The average Bonchev–Trinajstić information content (AvgIpc) is 2.73. The van der Waals surface area contributed by atoms with Crippen LogP contribution in [0.25, 0.3) is 0 Å². The number of aliphatic hydroxyl groups is 2. The van der Waals surface area contributed by atoms with Crippen molar-refractivity contribution in [3.05, 3.63) is 60.7 Å². The lowest BCUT2D eigenvalue weighted by molar-refractivity contribution is 0.0494. The van der Waals surface area contributed by atoms with E-state index < -0.39 is 14.4 Å². The van der Waals surface area contributed by atoms with Crippen molar-refractivity contribution in [2.75, 3.05) is 13.2 Å². The summed E-state index contributed by atoms with van der Waals surface area (Å²) in [7, 11) is -2.43. The molecule has 0 unspecified atom stereocenters. The third-order valence-electron chi connectivity index (χ3n) is 5.88. The maximum absolute atomic E-state index is 9.71. The Labute approximate surface area is 177 Å². The maximum Gasteiger partial charge on any atom is 0.261 e. The van der Waals surface area contributed by atoms with Crippen LogP contribution < -0.4 is 10.4 Å². The minimum absolute atomic E-state index is 0.00938. The zero-order valence-electron chi connectivity index (χ0n) is 18.5. The van der Waals surface area contributed by atoms with Gasteiger partial charge >= 0.3 is 0 Å². The predicted octanol–water partition coefficient (Wildman–Crippen LogP) is 4.11. The van der Waals surface area contributed by atoms with E-state index in [1.165, 1.54) is 10.4 Å². The highest BCUT2D eigenvalue weighted by atomic mass is 28.4. The Morgan fingerprint density at radius 3 is 1.83 bits per heavy atom. The van der Waals surface area contributed by atoms with Crippen LogP contribution in [0.3, 0.4) is 0 Å². The Kier molecular flexibility index (Phi) is 9.09. The molecule has 0 aliphatic rings. The summed E-state index contributed by atoms with van der Waals surface area (Å²) in [6.07, 6.45) is 3.44. The van der Waals surface area contributed by atoms with E-state index in [0.29, 0.717) is 0 Å². The molecular formula is C25H38O3Si. The highest BCUT2D eigenvalue weighted by Gasteiger charge is 2.49. The van der Waals surface area contributed by atoms with Crippen LogP contribution in [0, 0.1) is 5.92 Å². The quantitative estimate of drug-likeness (QED) is 0.430. The molecule has 2 atom stereocenters. The summed E-state index contributed by atoms with van der Waals surface area (Å²) in [4.78, 5) is 0. The van der Waals surface area contributed by atoms with Gasteiger partial charge in [-0.25, -0.2) is 0 Å². The molecule has 0 aromatic heterocycles. The molecule has 3 nitrogen and oxygen atoms in total. The topological polar surface area (TPSA) is 49.7 Å². The zero-order valence-corrected chi connectivity index (χ0v) is 19.5. The van der Waals surface area contributed by atoms with Gasteiger partial charge in [0.2, 0.25) is 0 Å². The van der Waals surface area contributed by atoms with Gasteiger partial charge in [-0.2, -0.15) is 0 Å². The Balaban J connectivity index is 2.11. The van der Waals surface area contributed by atoms with Crippen LogP contribution in [0.5, 0.6) is 0 Å². The van der Waals surface area contributed by atoms with Crippen molar-refractivity contribution < 1.29 is 14.6 Å². The first-order valence-electron chi connectivity index (χ1n) is 10.9.